The number of ether oxygens (including phenoxy) is 3. The summed E-state index contributed by atoms with van der Waals surface area (Å²) in [6, 6.07) is 10.3. The fourth-order valence-electron chi connectivity index (χ4n) is 2.68. The third kappa shape index (κ3) is 4.86. The minimum Gasteiger partial charge on any atom is -0.497 e. The molecule has 9 heteroatoms. The number of carbonyl (C=O) groups is 2. The number of esters is 2. The van der Waals surface area contributed by atoms with E-state index in [1.165, 1.54) is 56.7 Å². The highest BCUT2D eigenvalue weighted by Crippen LogP contribution is 2.30. The third-order valence-electron chi connectivity index (χ3n) is 4.22. The Morgan fingerprint density at radius 3 is 2.24 bits per heavy atom. The highest BCUT2D eigenvalue weighted by molar-refractivity contribution is 7.92. The van der Waals surface area contributed by atoms with Crippen molar-refractivity contribution in [1.29, 1.82) is 0 Å². The van der Waals surface area contributed by atoms with Gasteiger partial charge in [-0.15, -0.1) is 0 Å². The van der Waals surface area contributed by atoms with Crippen molar-refractivity contribution in [2.75, 3.05) is 31.7 Å². The zero-order valence-electron chi connectivity index (χ0n) is 16.7. The predicted molar refractivity (Wildman–Crippen MR) is 107 cm³/mol. The Balaban J connectivity index is 2.60. The molecule has 156 valence electrons. The van der Waals surface area contributed by atoms with Gasteiger partial charge >= 0.3 is 11.9 Å². The number of nitrogens with zero attached hydrogens (tertiary/aromatic N) is 1. The first-order chi connectivity index (χ1) is 13.8. The summed E-state index contributed by atoms with van der Waals surface area (Å²) in [5.74, 6) is -0.835. The Bertz CT molecular complexity index is 984. The van der Waals surface area contributed by atoms with E-state index < -0.39 is 28.5 Å². The maximum atomic E-state index is 13.3. The molecule has 8 nitrogen and oxygen atoms in total. The number of methoxy groups -OCH3 is 2. The second kappa shape index (κ2) is 9.42. The van der Waals surface area contributed by atoms with E-state index in [-0.39, 0.29) is 22.8 Å². The second-order valence-electron chi connectivity index (χ2n) is 5.93. The predicted octanol–water partition coefficient (Wildman–Crippen LogP) is 2.55. The van der Waals surface area contributed by atoms with Gasteiger partial charge in [0.25, 0.3) is 10.0 Å². The first-order valence-electron chi connectivity index (χ1n) is 8.76. The molecule has 0 amide bonds. The van der Waals surface area contributed by atoms with Gasteiger partial charge in [-0.1, -0.05) is 6.07 Å². The van der Waals surface area contributed by atoms with Gasteiger partial charge in [0.15, 0.2) is 0 Å². The van der Waals surface area contributed by atoms with E-state index >= 15 is 0 Å². The minimum atomic E-state index is -4.14. The van der Waals surface area contributed by atoms with E-state index in [9.17, 15) is 18.0 Å². The molecule has 0 heterocycles. The van der Waals surface area contributed by atoms with Crippen LogP contribution in [-0.2, 0) is 24.3 Å². The number of benzene rings is 2. The lowest BCUT2D eigenvalue weighted by Crippen LogP contribution is -2.37. The minimum absolute atomic E-state index is 0.0388. The summed E-state index contributed by atoms with van der Waals surface area (Å²) in [5.41, 5.74) is 0.757. The molecule has 0 N–H and O–H groups in total. The number of sulfonamides is 1. The zero-order chi connectivity index (χ0) is 21.6. The molecular weight excluding hydrogens is 398 g/mol. The summed E-state index contributed by atoms with van der Waals surface area (Å²) in [6.45, 7) is 2.89. The van der Waals surface area contributed by atoms with Crippen LogP contribution in [0.1, 0.15) is 22.8 Å². The lowest BCUT2D eigenvalue weighted by atomic mass is 10.1. The first-order valence-corrected chi connectivity index (χ1v) is 10.2. The zero-order valence-corrected chi connectivity index (χ0v) is 17.5. The van der Waals surface area contributed by atoms with Crippen LogP contribution in [0.3, 0.4) is 0 Å². The molecule has 0 aliphatic heterocycles. The molecule has 0 aliphatic rings. The van der Waals surface area contributed by atoms with Crippen LogP contribution in [-0.4, -0.2) is 47.7 Å². The van der Waals surface area contributed by atoms with Crippen molar-refractivity contribution >= 4 is 27.6 Å². The Hall–Kier alpha value is -3.07. The molecule has 2 aromatic carbocycles. The van der Waals surface area contributed by atoms with Crippen LogP contribution in [0.25, 0.3) is 0 Å². The number of hydrogen-bond acceptors (Lipinski definition) is 7. The summed E-state index contributed by atoms with van der Waals surface area (Å²) in [4.78, 5) is 24.1. The molecule has 0 bridgehead atoms. The molecule has 0 atom stereocenters. The Morgan fingerprint density at radius 2 is 1.69 bits per heavy atom. The maximum Gasteiger partial charge on any atom is 0.338 e. The van der Waals surface area contributed by atoms with Gasteiger partial charge in [-0.2, -0.15) is 0 Å². The van der Waals surface area contributed by atoms with Crippen LogP contribution in [0.5, 0.6) is 5.75 Å². The van der Waals surface area contributed by atoms with Crippen LogP contribution >= 0.6 is 0 Å². The van der Waals surface area contributed by atoms with Crippen molar-refractivity contribution in [2.45, 2.75) is 18.7 Å². The average Bonchev–Trinajstić information content (AvgIpc) is 2.72. The fourth-order valence-corrected chi connectivity index (χ4v) is 4.15. The normalized spacial score (nSPS) is 10.9. The van der Waals surface area contributed by atoms with Gasteiger partial charge in [-0.25, -0.2) is 13.2 Å². The van der Waals surface area contributed by atoms with Crippen molar-refractivity contribution in [1.82, 2.24) is 0 Å². The van der Waals surface area contributed by atoms with Crippen molar-refractivity contribution in [3.63, 3.8) is 0 Å². The van der Waals surface area contributed by atoms with Crippen molar-refractivity contribution in [3.05, 3.63) is 53.6 Å². The van der Waals surface area contributed by atoms with E-state index in [0.717, 1.165) is 4.31 Å². The molecule has 0 saturated carbocycles. The SMILES string of the molecule is CCOC(=O)c1cccc(N(CC(=O)OC)S(=O)(=O)c2ccc(OC)cc2)c1C. The summed E-state index contributed by atoms with van der Waals surface area (Å²) < 4.78 is 42.3. The summed E-state index contributed by atoms with van der Waals surface area (Å²) in [7, 11) is -1.50. The highest BCUT2D eigenvalue weighted by Gasteiger charge is 2.30. The highest BCUT2D eigenvalue weighted by atomic mass is 32.2. The van der Waals surface area contributed by atoms with Gasteiger partial charge in [0.1, 0.15) is 12.3 Å². The van der Waals surface area contributed by atoms with E-state index in [0.29, 0.717) is 11.3 Å². The molecule has 2 rings (SSSR count). The quantitative estimate of drug-likeness (QED) is 0.604. The number of rotatable bonds is 8. The van der Waals surface area contributed by atoms with Gasteiger partial charge in [-0.3, -0.25) is 9.10 Å². The standard InChI is InChI=1S/C20H23NO7S/c1-5-28-20(23)17-7-6-8-18(14(17)2)21(13-19(22)27-4)29(24,25)16-11-9-15(26-3)10-12-16/h6-12H,5,13H2,1-4H3. The van der Waals surface area contributed by atoms with Crippen molar-refractivity contribution in [3.8, 4) is 5.75 Å². The molecule has 2 aromatic rings. The maximum absolute atomic E-state index is 13.3. The van der Waals surface area contributed by atoms with Crippen LogP contribution in [0, 0.1) is 6.92 Å². The van der Waals surface area contributed by atoms with Crippen LogP contribution < -0.4 is 9.04 Å². The van der Waals surface area contributed by atoms with Gasteiger partial charge in [0.05, 0.1) is 37.0 Å². The van der Waals surface area contributed by atoms with E-state index in [2.05, 4.69) is 4.74 Å². The van der Waals surface area contributed by atoms with Gasteiger partial charge in [0, 0.05) is 0 Å². The monoisotopic (exact) mass is 421 g/mol. The lowest BCUT2D eigenvalue weighted by molar-refractivity contribution is -0.138. The molecule has 0 unspecified atom stereocenters. The molecule has 0 aliphatic carbocycles. The van der Waals surface area contributed by atoms with Crippen LogP contribution in [0.15, 0.2) is 47.4 Å². The van der Waals surface area contributed by atoms with Gasteiger partial charge < -0.3 is 14.2 Å². The third-order valence-corrected chi connectivity index (χ3v) is 5.99. The molecule has 29 heavy (non-hydrogen) atoms. The van der Waals surface area contributed by atoms with Crippen LogP contribution in [0.4, 0.5) is 5.69 Å². The number of anilines is 1. The Morgan fingerprint density at radius 1 is 1.03 bits per heavy atom. The summed E-state index contributed by atoms with van der Waals surface area (Å²) in [5, 5.41) is 0. The van der Waals surface area contributed by atoms with E-state index in [4.69, 9.17) is 9.47 Å². The van der Waals surface area contributed by atoms with Gasteiger partial charge in [0.2, 0.25) is 0 Å². The summed E-state index contributed by atoms with van der Waals surface area (Å²) >= 11 is 0. The smallest absolute Gasteiger partial charge is 0.338 e. The summed E-state index contributed by atoms with van der Waals surface area (Å²) in [6.07, 6.45) is 0. The average molecular weight is 421 g/mol. The largest absolute Gasteiger partial charge is 0.497 e. The van der Waals surface area contributed by atoms with Crippen LogP contribution in [0.2, 0.25) is 0 Å². The molecule has 0 radical (unpaired) electrons. The second-order valence-corrected chi connectivity index (χ2v) is 7.80. The number of hydrogen-bond donors (Lipinski definition) is 0. The first kappa shape index (κ1) is 22.2. The van der Waals surface area contributed by atoms with E-state index in [1.54, 1.807) is 13.8 Å². The Labute approximate surface area is 170 Å². The van der Waals surface area contributed by atoms with E-state index in [1.807, 2.05) is 0 Å². The molecule has 0 spiro atoms. The Kier molecular flexibility index (Phi) is 7.22. The lowest BCUT2D eigenvalue weighted by Gasteiger charge is -2.25. The topological polar surface area (TPSA) is 99.2 Å². The number of carbonyl (C=O) groups excluding carboxylic acids is 2. The molecule has 0 aromatic heterocycles. The molecular formula is C20H23NO7S. The van der Waals surface area contributed by atoms with Crippen molar-refractivity contribution < 1.29 is 32.2 Å². The molecule has 0 fully saturated rings. The molecule has 0 saturated heterocycles. The van der Waals surface area contributed by atoms with Crippen molar-refractivity contribution in [2.24, 2.45) is 0 Å². The van der Waals surface area contributed by atoms with Gasteiger partial charge in [-0.05, 0) is 55.8 Å². The fraction of sp³-hybridized carbons (Fsp3) is 0.300.